The number of nitrogens with zero attached hydrogens (tertiary/aromatic N) is 1. The van der Waals surface area contributed by atoms with Gasteiger partial charge >= 0.3 is 0 Å². The summed E-state index contributed by atoms with van der Waals surface area (Å²) in [5.41, 5.74) is 0. The largest absolute Gasteiger partial charge is 0.340 e. The summed E-state index contributed by atoms with van der Waals surface area (Å²) >= 11 is 0. The first-order valence-electron chi connectivity index (χ1n) is 6.04. The second kappa shape index (κ2) is 4.33. The molecule has 0 aromatic rings. The van der Waals surface area contributed by atoms with Gasteiger partial charge in [-0.3, -0.25) is 4.79 Å². The van der Waals surface area contributed by atoms with Crippen LogP contribution in [0, 0.1) is 5.92 Å². The van der Waals surface area contributed by atoms with Crippen molar-refractivity contribution in [2.45, 2.75) is 57.9 Å². The molecule has 0 N–H and O–H groups in total. The van der Waals surface area contributed by atoms with Crippen LogP contribution < -0.4 is 0 Å². The van der Waals surface area contributed by atoms with Gasteiger partial charge in [-0.25, -0.2) is 0 Å². The summed E-state index contributed by atoms with van der Waals surface area (Å²) < 4.78 is 0. The molecule has 0 aromatic carbocycles. The quantitative estimate of drug-likeness (QED) is 0.678. The van der Waals surface area contributed by atoms with Gasteiger partial charge in [-0.2, -0.15) is 0 Å². The van der Waals surface area contributed by atoms with E-state index in [-0.39, 0.29) is 5.91 Å². The smallest absolute Gasteiger partial charge is 0.219 e. The molecule has 2 aliphatic carbocycles. The van der Waals surface area contributed by atoms with E-state index in [1.165, 1.54) is 44.9 Å². The topological polar surface area (TPSA) is 20.3 Å². The van der Waals surface area contributed by atoms with Crippen LogP contribution in [-0.4, -0.2) is 23.4 Å². The van der Waals surface area contributed by atoms with E-state index in [0.717, 1.165) is 12.5 Å². The van der Waals surface area contributed by atoms with Crippen LogP contribution in [0.25, 0.3) is 0 Å². The van der Waals surface area contributed by atoms with Crippen LogP contribution in [0.3, 0.4) is 0 Å². The van der Waals surface area contributed by atoms with Crippen LogP contribution in [0.15, 0.2) is 0 Å². The molecule has 0 unspecified atom stereocenters. The molecular formula is C12H21NO. The highest BCUT2D eigenvalue weighted by atomic mass is 16.2. The van der Waals surface area contributed by atoms with Gasteiger partial charge in [0.05, 0.1) is 0 Å². The third-order valence-corrected chi connectivity index (χ3v) is 3.57. The van der Waals surface area contributed by atoms with Gasteiger partial charge in [0.1, 0.15) is 0 Å². The average Bonchev–Trinajstić information content (AvgIpc) is 2.99. The maximum Gasteiger partial charge on any atom is 0.219 e. The van der Waals surface area contributed by atoms with Crippen LogP contribution in [0.4, 0.5) is 0 Å². The molecular weight excluding hydrogens is 174 g/mol. The lowest BCUT2D eigenvalue weighted by atomic mass is 9.89. The Bertz CT molecular complexity index is 204. The molecule has 2 saturated carbocycles. The van der Waals surface area contributed by atoms with Crippen molar-refractivity contribution in [2.24, 2.45) is 5.92 Å². The minimum atomic E-state index is 0.290. The number of hydrogen-bond donors (Lipinski definition) is 0. The zero-order valence-electron chi connectivity index (χ0n) is 9.17. The molecule has 14 heavy (non-hydrogen) atoms. The third-order valence-electron chi connectivity index (χ3n) is 3.57. The van der Waals surface area contributed by atoms with Crippen molar-refractivity contribution in [3.05, 3.63) is 0 Å². The summed E-state index contributed by atoms with van der Waals surface area (Å²) in [7, 11) is 0. The second-order valence-corrected chi connectivity index (χ2v) is 4.91. The van der Waals surface area contributed by atoms with Crippen molar-refractivity contribution in [3.63, 3.8) is 0 Å². The van der Waals surface area contributed by atoms with Gasteiger partial charge in [0.25, 0.3) is 0 Å². The van der Waals surface area contributed by atoms with Gasteiger partial charge in [-0.1, -0.05) is 19.3 Å². The van der Waals surface area contributed by atoms with E-state index in [9.17, 15) is 4.79 Å². The highest BCUT2D eigenvalue weighted by Gasteiger charge is 2.32. The molecule has 0 atom stereocenters. The molecule has 0 spiro atoms. The number of amides is 1. The van der Waals surface area contributed by atoms with E-state index < -0.39 is 0 Å². The van der Waals surface area contributed by atoms with Gasteiger partial charge in [0, 0.05) is 19.5 Å². The van der Waals surface area contributed by atoms with Crippen molar-refractivity contribution in [2.75, 3.05) is 6.54 Å². The van der Waals surface area contributed by atoms with E-state index in [2.05, 4.69) is 4.90 Å². The summed E-state index contributed by atoms with van der Waals surface area (Å²) in [6.07, 6.45) is 9.33. The zero-order valence-corrected chi connectivity index (χ0v) is 9.17. The number of rotatable bonds is 3. The van der Waals surface area contributed by atoms with Crippen molar-refractivity contribution >= 4 is 5.91 Å². The molecule has 2 fully saturated rings. The molecule has 0 bridgehead atoms. The first-order chi connectivity index (χ1) is 6.77. The molecule has 0 aliphatic heterocycles. The Labute approximate surface area is 86.7 Å². The number of carbonyl (C=O) groups is 1. The minimum Gasteiger partial charge on any atom is -0.340 e. The van der Waals surface area contributed by atoms with E-state index in [1.54, 1.807) is 6.92 Å². The number of carbonyl (C=O) groups excluding carboxylic acids is 1. The predicted octanol–water partition coefficient (Wildman–Crippen LogP) is 2.58. The zero-order chi connectivity index (χ0) is 9.97. The number of hydrogen-bond acceptors (Lipinski definition) is 1. The lowest BCUT2D eigenvalue weighted by Crippen LogP contribution is -2.36. The Hall–Kier alpha value is -0.530. The van der Waals surface area contributed by atoms with Crippen LogP contribution in [0.2, 0.25) is 0 Å². The molecule has 0 aromatic heterocycles. The highest BCUT2D eigenvalue weighted by Crippen LogP contribution is 2.31. The first-order valence-corrected chi connectivity index (χ1v) is 6.04. The maximum absolute atomic E-state index is 11.4. The third kappa shape index (κ3) is 2.49. The maximum atomic E-state index is 11.4. The summed E-state index contributed by atoms with van der Waals surface area (Å²) in [5.74, 6) is 1.09. The standard InChI is InChI=1S/C12H21NO/c1-10(14)13(12-7-8-12)9-11-5-3-2-4-6-11/h11-12H,2-9H2,1H3. The Morgan fingerprint density at radius 2 is 1.79 bits per heavy atom. The summed E-state index contributed by atoms with van der Waals surface area (Å²) in [4.78, 5) is 13.5. The van der Waals surface area contributed by atoms with E-state index in [0.29, 0.717) is 6.04 Å². The fourth-order valence-corrected chi connectivity index (χ4v) is 2.57. The van der Waals surface area contributed by atoms with Crippen LogP contribution in [0.5, 0.6) is 0 Å². The molecule has 0 heterocycles. The fourth-order valence-electron chi connectivity index (χ4n) is 2.57. The van der Waals surface area contributed by atoms with Gasteiger partial charge < -0.3 is 4.90 Å². The molecule has 0 saturated heterocycles. The molecule has 2 heteroatoms. The van der Waals surface area contributed by atoms with Crippen LogP contribution in [-0.2, 0) is 4.79 Å². The minimum absolute atomic E-state index is 0.290. The second-order valence-electron chi connectivity index (χ2n) is 4.91. The van der Waals surface area contributed by atoms with Crippen molar-refractivity contribution < 1.29 is 4.79 Å². The van der Waals surface area contributed by atoms with E-state index in [1.807, 2.05) is 0 Å². The molecule has 2 rings (SSSR count). The van der Waals surface area contributed by atoms with E-state index >= 15 is 0 Å². The normalized spacial score (nSPS) is 23.5. The Kier molecular flexibility index (Phi) is 3.09. The molecule has 80 valence electrons. The van der Waals surface area contributed by atoms with Crippen LogP contribution in [0.1, 0.15) is 51.9 Å². The fraction of sp³-hybridized carbons (Fsp3) is 0.917. The lowest BCUT2D eigenvalue weighted by molar-refractivity contribution is -0.130. The van der Waals surface area contributed by atoms with Gasteiger partial charge in [-0.05, 0) is 31.6 Å². The average molecular weight is 195 g/mol. The van der Waals surface area contributed by atoms with Gasteiger partial charge in [-0.15, -0.1) is 0 Å². The molecule has 0 radical (unpaired) electrons. The highest BCUT2D eigenvalue weighted by molar-refractivity contribution is 5.74. The van der Waals surface area contributed by atoms with Crippen molar-refractivity contribution in [1.29, 1.82) is 0 Å². The first kappa shape index (κ1) is 10.0. The van der Waals surface area contributed by atoms with Crippen molar-refractivity contribution in [3.8, 4) is 0 Å². The monoisotopic (exact) mass is 195 g/mol. The van der Waals surface area contributed by atoms with Crippen LogP contribution >= 0.6 is 0 Å². The Balaban J connectivity index is 1.82. The molecule has 2 aliphatic rings. The molecule has 2 nitrogen and oxygen atoms in total. The Morgan fingerprint density at radius 3 is 2.29 bits per heavy atom. The summed E-state index contributed by atoms with van der Waals surface area (Å²) in [6.45, 7) is 2.77. The SMILES string of the molecule is CC(=O)N(CC1CCCCC1)C1CC1. The predicted molar refractivity (Wildman–Crippen MR) is 57.0 cm³/mol. The van der Waals surface area contributed by atoms with Gasteiger partial charge in [0.15, 0.2) is 0 Å². The summed E-state index contributed by atoms with van der Waals surface area (Å²) in [5, 5.41) is 0. The Morgan fingerprint density at radius 1 is 1.14 bits per heavy atom. The lowest BCUT2D eigenvalue weighted by Gasteiger charge is -2.29. The van der Waals surface area contributed by atoms with Crippen molar-refractivity contribution in [1.82, 2.24) is 4.90 Å². The molecule has 1 amide bonds. The summed E-state index contributed by atoms with van der Waals surface area (Å²) in [6, 6.07) is 0.606. The van der Waals surface area contributed by atoms with E-state index in [4.69, 9.17) is 0 Å². The van der Waals surface area contributed by atoms with Gasteiger partial charge in [0.2, 0.25) is 5.91 Å².